The molecular formula is C27H25N3O3. The smallest absolute Gasteiger partial charge is 0.258 e. The molecule has 1 unspecified atom stereocenters. The normalized spacial score (nSPS) is 15.2. The number of fused-ring (bicyclic) bond motifs is 1. The van der Waals surface area contributed by atoms with E-state index < -0.39 is 0 Å². The molecule has 1 aliphatic rings. The van der Waals surface area contributed by atoms with Crippen molar-refractivity contribution in [1.29, 1.82) is 0 Å². The number of benzene rings is 3. The maximum Gasteiger partial charge on any atom is 0.258 e. The van der Waals surface area contributed by atoms with Crippen LogP contribution in [-0.2, 0) is 13.2 Å². The Balaban J connectivity index is 1.40. The molecule has 0 aliphatic carbocycles. The molecule has 33 heavy (non-hydrogen) atoms. The van der Waals surface area contributed by atoms with E-state index in [1.165, 1.54) is 0 Å². The number of amides is 1. The first kappa shape index (κ1) is 20.8. The lowest BCUT2D eigenvalue weighted by Gasteiger charge is -2.38. The number of para-hydroxylation sites is 1. The van der Waals surface area contributed by atoms with Gasteiger partial charge < -0.3 is 19.5 Å². The average molecular weight is 440 g/mol. The molecule has 2 heterocycles. The number of carbonyl (C=O) groups is 1. The lowest BCUT2D eigenvalue weighted by Crippen LogP contribution is -2.42. The van der Waals surface area contributed by atoms with Crippen LogP contribution in [0, 0.1) is 13.8 Å². The molecule has 1 atom stereocenters. The van der Waals surface area contributed by atoms with E-state index in [0.717, 1.165) is 39.6 Å². The Kier molecular flexibility index (Phi) is 5.57. The molecule has 6 heteroatoms. The molecule has 6 nitrogen and oxygen atoms in total. The summed E-state index contributed by atoms with van der Waals surface area (Å²) in [5.41, 5.74) is 5.39. The SMILES string of the molecule is Cc1noc(C)c1COc1ccc(C2Nc3ccccc3C(=O)N2Cc2ccccc2)cc1. The minimum absolute atomic E-state index is 0.0111. The number of nitrogens with one attached hydrogen (secondary N) is 1. The van der Waals surface area contributed by atoms with Crippen molar-refractivity contribution in [3.8, 4) is 5.75 Å². The predicted molar refractivity (Wildman–Crippen MR) is 126 cm³/mol. The molecular weight excluding hydrogens is 414 g/mol. The van der Waals surface area contributed by atoms with Crippen molar-refractivity contribution in [2.75, 3.05) is 5.32 Å². The van der Waals surface area contributed by atoms with Gasteiger partial charge in [-0.05, 0) is 49.2 Å². The van der Waals surface area contributed by atoms with Gasteiger partial charge in [0.05, 0.1) is 16.8 Å². The summed E-state index contributed by atoms with van der Waals surface area (Å²) < 4.78 is 11.2. The van der Waals surface area contributed by atoms with E-state index in [0.29, 0.717) is 18.7 Å². The zero-order chi connectivity index (χ0) is 22.8. The summed E-state index contributed by atoms with van der Waals surface area (Å²) in [6.45, 7) is 4.69. The maximum atomic E-state index is 13.4. The van der Waals surface area contributed by atoms with Crippen LogP contribution in [0.5, 0.6) is 5.75 Å². The largest absolute Gasteiger partial charge is 0.489 e. The highest BCUT2D eigenvalue weighted by atomic mass is 16.5. The van der Waals surface area contributed by atoms with E-state index in [1.54, 1.807) is 0 Å². The van der Waals surface area contributed by atoms with Gasteiger partial charge in [-0.15, -0.1) is 0 Å². The van der Waals surface area contributed by atoms with Crippen LogP contribution >= 0.6 is 0 Å². The van der Waals surface area contributed by atoms with Gasteiger partial charge in [0.25, 0.3) is 5.91 Å². The van der Waals surface area contributed by atoms with Gasteiger partial charge in [0.2, 0.25) is 0 Å². The Morgan fingerprint density at radius 2 is 1.70 bits per heavy atom. The fraction of sp³-hybridized carbons (Fsp3) is 0.185. The van der Waals surface area contributed by atoms with Crippen molar-refractivity contribution in [2.45, 2.75) is 33.2 Å². The van der Waals surface area contributed by atoms with Crippen molar-refractivity contribution < 1.29 is 14.1 Å². The molecule has 5 rings (SSSR count). The van der Waals surface area contributed by atoms with Gasteiger partial charge in [-0.1, -0.05) is 59.8 Å². The number of ether oxygens (including phenoxy) is 1. The molecule has 0 saturated carbocycles. The van der Waals surface area contributed by atoms with Crippen molar-refractivity contribution in [3.05, 3.63) is 113 Å². The summed E-state index contributed by atoms with van der Waals surface area (Å²) in [5.74, 6) is 1.53. The molecule has 1 aromatic heterocycles. The number of carbonyl (C=O) groups excluding carboxylic acids is 1. The quantitative estimate of drug-likeness (QED) is 0.421. The van der Waals surface area contributed by atoms with Gasteiger partial charge in [-0.25, -0.2) is 0 Å². The van der Waals surface area contributed by atoms with E-state index >= 15 is 0 Å². The lowest BCUT2D eigenvalue weighted by atomic mass is 10.0. The molecule has 0 bridgehead atoms. The predicted octanol–water partition coefficient (Wildman–Crippen LogP) is 5.64. The summed E-state index contributed by atoms with van der Waals surface area (Å²) in [4.78, 5) is 15.3. The number of anilines is 1. The van der Waals surface area contributed by atoms with E-state index in [1.807, 2.05) is 97.6 Å². The van der Waals surface area contributed by atoms with E-state index in [-0.39, 0.29) is 12.1 Å². The van der Waals surface area contributed by atoms with Crippen LogP contribution < -0.4 is 10.1 Å². The van der Waals surface area contributed by atoms with Crippen LogP contribution in [0.2, 0.25) is 0 Å². The minimum atomic E-state index is -0.288. The zero-order valence-corrected chi connectivity index (χ0v) is 18.6. The summed E-state index contributed by atoms with van der Waals surface area (Å²) in [6.07, 6.45) is -0.288. The van der Waals surface area contributed by atoms with Gasteiger partial charge >= 0.3 is 0 Å². The molecule has 3 aromatic carbocycles. The van der Waals surface area contributed by atoms with Gasteiger partial charge in [0.15, 0.2) is 0 Å². The zero-order valence-electron chi connectivity index (χ0n) is 18.6. The Bertz CT molecular complexity index is 1250. The van der Waals surface area contributed by atoms with Crippen molar-refractivity contribution in [1.82, 2.24) is 10.1 Å². The Hall–Kier alpha value is -4.06. The van der Waals surface area contributed by atoms with E-state index in [2.05, 4.69) is 10.5 Å². The monoisotopic (exact) mass is 439 g/mol. The minimum Gasteiger partial charge on any atom is -0.489 e. The van der Waals surface area contributed by atoms with Crippen LogP contribution in [0.3, 0.4) is 0 Å². The Morgan fingerprint density at radius 1 is 0.970 bits per heavy atom. The number of rotatable bonds is 6. The average Bonchev–Trinajstić information content (AvgIpc) is 3.17. The van der Waals surface area contributed by atoms with Crippen LogP contribution in [0.25, 0.3) is 0 Å². The van der Waals surface area contributed by atoms with Crippen LogP contribution in [0.4, 0.5) is 5.69 Å². The molecule has 1 amide bonds. The number of aromatic nitrogens is 1. The Labute approximate surface area is 192 Å². The summed E-state index contributed by atoms with van der Waals surface area (Å²) >= 11 is 0. The number of hydrogen-bond acceptors (Lipinski definition) is 5. The molecule has 1 aliphatic heterocycles. The molecule has 0 saturated heterocycles. The van der Waals surface area contributed by atoms with Gasteiger partial charge in [-0.3, -0.25) is 4.79 Å². The second kappa shape index (κ2) is 8.82. The highest BCUT2D eigenvalue weighted by Crippen LogP contribution is 2.34. The van der Waals surface area contributed by atoms with Crippen molar-refractivity contribution in [2.24, 2.45) is 0 Å². The van der Waals surface area contributed by atoms with Crippen LogP contribution in [0.1, 0.15) is 44.7 Å². The van der Waals surface area contributed by atoms with Gasteiger partial charge in [-0.2, -0.15) is 0 Å². The number of aryl methyl sites for hydroxylation is 2. The molecule has 0 spiro atoms. The van der Waals surface area contributed by atoms with Gasteiger partial charge in [0.1, 0.15) is 24.3 Å². The molecule has 166 valence electrons. The molecule has 0 fully saturated rings. The first-order chi connectivity index (χ1) is 16.1. The highest BCUT2D eigenvalue weighted by molar-refractivity contribution is 6.01. The summed E-state index contributed by atoms with van der Waals surface area (Å²) in [6, 6.07) is 25.5. The lowest BCUT2D eigenvalue weighted by molar-refractivity contribution is 0.0666. The van der Waals surface area contributed by atoms with Crippen LogP contribution in [-0.4, -0.2) is 16.0 Å². The van der Waals surface area contributed by atoms with Crippen molar-refractivity contribution in [3.63, 3.8) is 0 Å². The highest BCUT2D eigenvalue weighted by Gasteiger charge is 2.32. The fourth-order valence-electron chi connectivity index (χ4n) is 4.11. The standard InChI is InChI=1S/C27H25N3O3/c1-18-24(19(2)33-29-18)17-32-22-14-12-21(13-15-22)26-28-25-11-7-6-10-23(25)27(31)30(26)16-20-8-4-3-5-9-20/h3-15,26,28H,16-17H2,1-2H3. The Morgan fingerprint density at radius 3 is 2.42 bits per heavy atom. The number of nitrogens with zero attached hydrogens (tertiary/aromatic N) is 2. The maximum absolute atomic E-state index is 13.4. The summed E-state index contributed by atoms with van der Waals surface area (Å²) in [7, 11) is 0. The summed E-state index contributed by atoms with van der Waals surface area (Å²) in [5, 5.41) is 7.52. The second-order valence-electron chi connectivity index (χ2n) is 8.17. The second-order valence-corrected chi connectivity index (χ2v) is 8.17. The first-order valence-electron chi connectivity index (χ1n) is 10.9. The third kappa shape index (κ3) is 4.20. The molecule has 1 N–H and O–H groups in total. The molecule has 4 aromatic rings. The van der Waals surface area contributed by atoms with E-state index in [4.69, 9.17) is 9.26 Å². The van der Waals surface area contributed by atoms with Gasteiger partial charge in [0, 0.05) is 12.2 Å². The third-order valence-corrected chi connectivity index (χ3v) is 5.98. The third-order valence-electron chi connectivity index (χ3n) is 5.98. The molecule has 0 radical (unpaired) electrons. The first-order valence-corrected chi connectivity index (χ1v) is 10.9. The number of hydrogen-bond donors (Lipinski definition) is 1. The van der Waals surface area contributed by atoms with E-state index in [9.17, 15) is 4.79 Å². The fourth-order valence-corrected chi connectivity index (χ4v) is 4.11. The van der Waals surface area contributed by atoms with Crippen molar-refractivity contribution >= 4 is 11.6 Å². The van der Waals surface area contributed by atoms with Crippen LogP contribution in [0.15, 0.2) is 83.4 Å². The topological polar surface area (TPSA) is 67.6 Å².